The second-order valence-electron chi connectivity index (χ2n) is 5.13. The molecule has 0 radical (unpaired) electrons. The number of nitrogens with one attached hydrogen (secondary N) is 1. The number of terminal acetylenes is 1. The first kappa shape index (κ1) is 12.5. The minimum absolute atomic E-state index is 0.328. The summed E-state index contributed by atoms with van der Waals surface area (Å²) in [5.41, 5.74) is 0.328. The molecule has 0 bridgehead atoms. The van der Waals surface area contributed by atoms with Crippen molar-refractivity contribution in [3.63, 3.8) is 0 Å². The molecule has 0 aromatic rings. The van der Waals surface area contributed by atoms with Crippen molar-refractivity contribution in [2.24, 2.45) is 5.92 Å². The Labute approximate surface area is 94.4 Å². The molecular formula is C13H24N2. The fourth-order valence-corrected chi connectivity index (χ4v) is 2.72. The smallest absolute Gasteiger partial charge is 0.0574 e. The molecule has 1 fully saturated rings. The number of hydrogen-bond acceptors (Lipinski definition) is 2. The summed E-state index contributed by atoms with van der Waals surface area (Å²) in [6.07, 6.45) is 10.6. The van der Waals surface area contributed by atoms with E-state index in [0.717, 1.165) is 12.5 Å². The largest absolute Gasteiger partial charge is 0.304 e. The van der Waals surface area contributed by atoms with Gasteiger partial charge in [-0.15, -0.1) is 6.42 Å². The lowest BCUT2D eigenvalue weighted by Crippen LogP contribution is -2.54. The van der Waals surface area contributed by atoms with Crippen LogP contribution in [0.3, 0.4) is 0 Å². The molecule has 2 nitrogen and oxygen atoms in total. The van der Waals surface area contributed by atoms with Gasteiger partial charge in [-0.05, 0) is 32.9 Å². The molecule has 1 N–H and O–H groups in total. The molecule has 0 saturated heterocycles. The lowest BCUT2D eigenvalue weighted by Gasteiger charge is -2.45. The molecular weight excluding hydrogens is 184 g/mol. The van der Waals surface area contributed by atoms with Gasteiger partial charge in [-0.1, -0.05) is 25.7 Å². The molecule has 0 aliphatic heterocycles. The topological polar surface area (TPSA) is 15.3 Å². The van der Waals surface area contributed by atoms with Crippen LogP contribution >= 0.6 is 0 Å². The van der Waals surface area contributed by atoms with Gasteiger partial charge < -0.3 is 10.2 Å². The first-order valence-electron chi connectivity index (χ1n) is 5.92. The van der Waals surface area contributed by atoms with E-state index >= 15 is 0 Å². The second kappa shape index (κ2) is 5.53. The van der Waals surface area contributed by atoms with E-state index in [4.69, 9.17) is 6.42 Å². The quantitative estimate of drug-likeness (QED) is 0.559. The van der Waals surface area contributed by atoms with Crippen LogP contribution in [0.1, 0.15) is 32.6 Å². The Hall–Kier alpha value is -0.520. The molecule has 0 heterocycles. The van der Waals surface area contributed by atoms with Crippen LogP contribution in [0.2, 0.25) is 0 Å². The fraction of sp³-hybridized carbons (Fsp3) is 0.846. The zero-order valence-electron chi connectivity index (χ0n) is 10.3. The molecule has 0 aromatic heterocycles. The number of likely N-dealkylation sites (N-methyl/N-ethyl adjacent to an activating group) is 1. The van der Waals surface area contributed by atoms with Crippen LogP contribution in [0.15, 0.2) is 0 Å². The van der Waals surface area contributed by atoms with Crippen LogP contribution in [0.25, 0.3) is 0 Å². The van der Waals surface area contributed by atoms with Crippen molar-refractivity contribution < 1.29 is 0 Å². The molecule has 0 aromatic carbocycles. The Kier molecular flexibility index (Phi) is 4.63. The summed E-state index contributed by atoms with van der Waals surface area (Å²) in [5, 5.41) is 3.37. The van der Waals surface area contributed by atoms with Crippen molar-refractivity contribution in [3.8, 4) is 12.3 Å². The standard InChI is InChI=1S/C13H24N2/c1-5-9-14-11-13(15(3)4)8-6-7-12(2)10-13/h1,12,14H,6-11H2,2-4H3. The Morgan fingerprint density at radius 3 is 2.80 bits per heavy atom. The molecule has 0 spiro atoms. The molecule has 2 unspecified atom stereocenters. The molecule has 0 amide bonds. The van der Waals surface area contributed by atoms with Gasteiger partial charge in [0.15, 0.2) is 0 Å². The van der Waals surface area contributed by atoms with Crippen LogP contribution in [0, 0.1) is 18.3 Å². The van der Waals surface area contributed by atoms with Crippen LogP contribution in [0.4, 0.5) is 0 Å². The highest BCUT2D eigenvalue weighted by Crippen LogP contribution is 2.35. The van der Waals surface area contributed by atoms with Gasteiger partial charge in [-0.2, -0.15) is 0 Å². The van der Waals surface area contributed by atoms with Crippen molar-refractivity contribution in [2.45, 2.75) is 38.1 Å². The summed E-state index contributed by atoms with van der Waals surface area (Å²) >= 11 is 0. The molecule has 1 saturated carbocycles. The molecule has 1 aliphatic rings. The molecule has 2 atom stereocenters. The predicted octanol–water partition coefficient (Wildman–Crippen LogP) is 1.72. The van der Waals surface area contributed by atoms with Crippen LogP contribution in [-0.4, -0.2) is 37.6 Å². The Morgan fingerprint density at radius 1 is 1.53 bits per heavy atom. The lowest BCUT2D eigenvalue weighted by atomic mass is 9.75. The maximum Gasteiger partial charge on any atom is 0.0574 e. The van der Waals surface area contributed by atoms with Gasteiger partial charge in [0.25, 0.3) is 0 Å². The van der Waals surface area contributed by atoms with E-state index in [0.29, 0.717) is 12.1 Å². The Balaban J connectivity index is 2.57. The highest BCUT2D eigenvalue weighted by molar-refractivity contribution is 4.96. The highest BCUT2D eigenvalue weighted by atomic mass is 15.2. The second-order valence-corrected chi connectivity index (χ2v) is 5.13. The zero-order valence-corrected chi connectivity index (χ0v) is 10.3. The average Bonchev–Trinajstić information content (AvgIpc) is 2.18. The van der Waals surface area contributed by atoms with Gasteiger partial charge in [0.05, 0.1) is 6.54 Å². The summed E-state index contributed by atoms with van der Waals surface area (Å²) in [6, 6.07) is 0. The van der Waals surface area contributed by atoms with E-state index in [1.807, 2.05) is 0 Å². The van der Waals surface area contributed by atoms with Crippen molar-refractivity contribution in [1.82, 2.24) is 10.2 Å². The zero-order chi connectivity index (χ0) is 11.3. The molecule has 86 valence electrons. The number of nitrogens with zero attached hydrogens (tertiary/aromatic N) is 1. The summed E-state index contributed by atoms with van der Waals surface area (Å²) in [6.45, 7) is 4.07. The Morgan fingerprint density at radius 2 is 2.27 bits per heavy atom. The minimum atomic E-state index is 0.328. The van der Waals surface area contributed by atoms with Gasteiger partial charge >= 0.3 is 0 Å². The SMILES string of the molecule is C#CCNCC1(N(C)C)CCCC(C)C1. The first-order valence-corrected chi connectivity index (χ1v) is 5.92. The van der Waals surface area contributed by atoms with E-state index < -0.39 is 0 Å². The fourth-order valence-electron chi connectivity index (χ4n) is 2.72. The van der Waals surface area contributed by atoms with E-state index in [1.165, 1.54) is 25.7 Å². The van der Waals surface area contributed by atoms with Crippen molar-refractivity contribution in [1.29, 1.82) is 0 Å². The van der Waals surface area contributed by atoms with Gasteiger partial charge in [0, 0.05) is 12.1 Å². The van der Waals surface area contributed by atoms with Crippen LogP contribution in [0.5, 0.6) is 0 Å². The summed E-state index contributed by atoms with van der Waals surface area (Å²) in [4.78, 5) is 2.38. The van der Waals surface area contributed by atoms with E-state index in [1.54, 1.807) is 0 Å². The predicted molar refractivity (Wildman–Crippen MR) is 65.8 cm³/mol. The Bertz CT molecular complexity index is 229. The maximum atomic E-state index is 5.26. The third-order valence-electron chi connectivity index (χ3n) is 3.70. The van der Waals surface area contributed by atoms with E-state index in [2.05, 4.69) is 37.2 Å². The number of rotatable bonds is 4. The minimum Gasteiger partial charge on any atom is -0.304 e. The van der Waals surface area contributed by atoms with Gasteiger partial charge in [-0.25, -0.2) is 0 Å². The van der Waals surface area contributed by atoms with Gasteiger partial charge in [0.2, 0.25) is 0 Å². The van der Waals surface area contributed by atoms with E-state index in [-0.39, 0.29) is 0 Å². The molecule has 2 heteroatoms. The molecule has 1 rings (SSSR count). The van der Waals surface area contributed by atoms with E-state index in [9.17, 15) is 0 Å². The third-order valence-corrected chi connectivity index (χ3v) is 3.70. The summed E-state index contributed by atoms with van der Waals surface area (Å²) in [5.74, 6) is 3.49. The third kappa shape index (κ3) is 3.22. The monoisotopic (exact) mass is 208 g/mol. The van der Waals surface area contributed by atoms with Crippen molar-refractivity contribution in [3.05, 3.63) is 0 Å². The van der Waals surface area contributed by atoms with Crippen molar-refractivity contribution >= 4 is 0 Å². The van der Waals surface area contributed by atoms with Gasteiger partial charge in [0.1, 0.15) is 0 Å². The maximum absolute atomic E-state index is 5.26. The summed E-state index contributed by atoms with van der Waals surface area (Å²) in [7, 11) is 4.38. The molecule has 15 heavy (non-hydrogen) atoms. The molecule has 1 aliphatic carbocycles. The number of hydrogen-bond donors (Lipinski definition) is 1. The van der Waals surface area contributed by atoms with Crippen LogP contribution < -0.4 is 5.32 Å². The summed E-state index contributed by atoms with van der Waals surface area (Å²) < 4.78 is 0. The van der Waals surface area contributed by atoms with Crippen molar-refractivity contribution in [2.75, 3.05) is 27.2 Å². The highest BCUT2D eigenvalue weighted by Gasteiger charge is 2.36. The normalized spacial score (nSPS) is 31.5. The lowest BCUT2D eigenvalue weighted by molar-refractivity contribution is 0.0764. The average molecular weight is 208 g/mol. The first-order chi connectivity index (χ1) is 7.10. The van der Waals surface area contributed by atoms with Gasteiger partial charge in [-0.3, -0.25) is 0 Å². The van der Waals surface area contributed by atoms with Crippen LogP contribution in [-0.2, 0) is 0 Å².